The van der Waals surface area contributed by atoms with Crippen molar-refractivity contribution in [1.82, 2.24) is 9.80 Å². The number of hydrogen-bond donors (Lipinski definition) is 2. The van der Waals surface area contributed by atoms with Gasteiger partial charge in [-0.3, -0.25) is 14.6 Å². The lowest BCUT2D eigenvalue weighted by molar-refractivity contribution is -0.117. The van der Waals surface area contributed by atoms with Crippen LogP contribution in [0.2, 0.25) is 0 Å². The Hall–Kier alpha value is -1.84. The van der Waals surface area contributed by atoms with Crippen molar-refractivity contribution in [2.75, 3.05) is 51.3 Å². The highest BCUT2D eigenvalue weighted by Crippen LogP contribution is 2.18. The number of ether oxygens (including phenoxy) is 1. The Morgan fingerprint density at radius 1 is 1.20 bits per heavy atom. The number of hydrogen-bond acceptors (Lipinski definition) is 5. The molecule has 1 aliphatic heterocycles. The average molecular weight is 480 g/mol. The smallest absolute Gasteiger partial charge is 0.238 e. The molecule has 0 saturated carbocycles. The van der Waals surface area contributed by atoms with Gasteiger partial charge in [0.2, 0.25) is 5.91 Å². The van der Waals surface area contributed by atoms with E-state index in [4.69, 9.17) is 4.74 Å². The Balaban J connectivity index is 1.53. The SMILES string of the molecule is O=C(CN(CCO)Cc1cc(Br)ccc1F)Nc1ccc(CN2CCOCC2)cc1. The van der Waals surface area contributed by atoms with E-state index < -0.39 is 0 Å². The van der Waals surface area contributed by atoms with Gasteiger partial charge < -0.3 is 15.2 Å². The first-order valence-electron chi connectivity index (χ1n) is 9.99. The molecule has 0 aromatic heterocycles. The van der Waals surface area contributed by atoms with Gasteiger partial charge in [0.15, 0.2) is 0 Å². The topological polar surface area (TPSA) is 65.0 Å². The van der Waals surface area contributed by atoms with Crippen molar-refractivity contribution in [3.63, 3.8) is 0 Å². The number of halogens is 2. The number of aliphatic hydroxyl groups excluding tert-OH is 1. The molecule has 2 aromatic carbocycles. The van der Waals surface area contributed by atoms with Crippen molar-refractivity contribution in [3.8, 4) is 0 Å². The normalized spacial score (nSPS) is 14.8. The van der Waals surface area contributed by atoms with Crippen molar-refractivity contribution in [1.29, 1.82) is 0 Å². The third-order valence-electron chi connectivity index (χ3n) is 4.93. The highest BCUT2D eigenvalue weighted by atomic mass is 79.9. The molecule has 2 aromatic rings. The summed E-state index contributed by atoms with van der Waals surface area (Å²) in [7, 11) is 0. The van der Waals surface area contributed by atoms with E-state index in [9.17, 15) is 14.3 Å². The monoisotopic (exact) mass is 479 g/mol. The average Bonchev–Trinajstić information content (AvgIpc) is 2.73. The zero-order valence-electron chi connectivity index (χ0n) is 16.8. The lowest BCUT2D eigenvalue weighted by atomic mass is 10.2. The number of carbonyl (C=O) groups is 1. The van der Waals surface area contributed by atoms with Crippen LogP contribution in [0.5, 0.6) is 0 Å². The number of rotatable bonds is 9. The van der Waals surface area contributed by atoms with Crippen molar-refractivity contribution in [2.24, 2.45) is 0 Å². The highest BCUT2D eigenvalue weighted by molar-refractivity contribution is 9.10. The molecule has 2 N–H and O–H groups in total. The number of aliphatic hydroxyl groups is 1. The van der Waals surface area contributed by atoms with Crippen LogP contribution in [-0.2, 0) is 22.6 Å². The summed E-state index contributed by atoms with van der Waals surface area (Å²) >= 11 is 3.33. The molecule has 0 radical (unpaired) electrons. The van der Waals surface area contributed by atoms with Crippen molar-refractivity contribution < 1.29 is 19.0 Å². The second-order valence-electron chi connectivity index (χ2n) is 7.30. The minimum atomic E-state index is -0.336. The number of anilines is 1. The van der Waals surface area contributed by atoms with Gasteiger partial charge in [0.05, 0.1) is 26.4 Å². The summed E-state index contributed by atoms with van der Waals surface area (Å²) in [6, 6.07) is 12.5. The maximum Gasteiger partial charge on any atom is 0.238 e. The van der Waals surface area contributed by atoms with E-state index in [0.29, 0.717) is 11.3 Å². The molecule has 1 aliphatic rings. The quantitative estimate of drug-likeness (QED) is 0.578. The number of morpholine rings is 1. The zero-order chi connectivity index (χ0) is 21.3. The Labute approximate surface area is 184 Å². The summed E-state index contributed by atoms with van der Waals surface area (Å²) in [5, 5.41) is 12.2. The first kappa shape index (κ1) is 22.8. The number of nitrogens with zero attached hydrogens (tertiary/aromatic N) is 2. The Morgan fingerprint density at radius 2 is 1.93 bits per heavy atom. The molecule has 0 bridgehead atoms. The van der Waals surface area contributed by atoms with Crippen molar-refractivity contribution in [2.45, 2.75) is 13.1 Å². The van der Waals surface area contributed by atoms with Crippen LogP contribution in [0.4, 0.5) is 10.1 Å². The Bertz CT molecular complexity index is 829. The molecule has 1 fully saturated rings. The van der Waals surface area contributed by atoms with Crippen LogP contribution in [-0.4, -0.2) is 66.8 Å². The van der Waals surface area contributed by atoms with Gasteiger partial charge >= 0.3 is 0 Å². The molecular weight excluding hydrogens is 453 g/mol. The molecule has 0 aliphatic carbocycles. The van der Waals surface area contributed by atoms with Crippen molar-refractivity contribution >= 4 is 27.5 Å². The second-order valence-corrected chi connectivity index (χ2v) is 8.22. The van der Waals surface area contributed by atoms with E-state index in [0.717, 1.165) is 37.3 Å². The van der Waals surface area contributed by atoms with Crippen LogP contribution >= 0.6 is 15.9 Å². The fraction of sp³-hybridized carbons (Fsp3) is 0.409. The van der Waals surface area contributed by atoms with E-state index in [1.807, 2.05) is 24.3 Å². The third-order valence-corrected chi connectivity index (χ3v) is 5.43. The largest absolute Gasteiger partial charge is 0.395 e. The molecular formula is C22H27BrFN3O3. The minimum absolute atomic E-state index is 0.0576. The molecule has 0 atom stereocenters. The van der Waals surface area contributed by atoms with Crippen LogP contribution in [0.3, 0.4) is 0 Å². The summed E-state index contributed by atoms with van der Waals surface area (Å²) in [5.41, 5.74) is 2.36. The maximum absolute atomic E-state index is 14.0. The minimum Gasteiger partial charge on any atom is -0.395 e. The molecule has 8 heteroatoms. The molecule has 6 nitrogen and oxygen atoms in total. The number of benzene rings is 2. The summed E-state index contributed by atoms with van der Waals surface area (Å²) < 4.78 is 20.2. The van der Waals surface area contributed by atoms with E-state index >= 15 is 0 Å². The lowest BCUT2D eigenvalue weighted by Gasteiger charge is -2.26. The fourth-order valence-electron chi connectivity index (χ4n) is 3.38. The van der Waals surface area contributed by atoms with Crippen LogP contribution in [0.15, 0.2) is 46.9 Å². The van der Waals surface area contributed by atoms with Gasteiger partial charge in [-0.05, 0) is 35.9 Å². The molecule has 1 heterocycles. The molecule has 3 rings (SSSR count). The lowest BCUT2D eigenvalue weighted by Crippen LogP contribution is -2.35. The summed E-state index contributed by atoms with van der Waals surface area (Å²) in [6.45, 7) is 4.71. The molecule has 1 saturated heterocycles. The predicted octanol–water partition coefficient (Wildman–Crippen LogP) is 2.85. The van der Waals surface area contributed by atoms with Crippen LogP contribution in [0.25, 0.3) is 0 Å². The molecule has 30 heavy (non-hydrogen) atoms. The molecule has 0 spiro atoms. The van der Waals surface area contributed by atoms with E-state index in [1.54, 1.807) is 17.0 Å². The molecule has 0 unspecified atom stereocenters. The van der Waals surface area contributed by atoms with Gasteiger partial charge in [0.1, 0.15) is 5.82 Å². The van der Waals surface area contributed by atoms with E-state index in [2.05, 4.69) is 26.1 Å². The summed E-state index contributed by atoms with van der Waals surface area (Å²) in [4.78, 5) is 16.5. The van der Waals surface area contributed by atoms with Crippen LogP contribution in [0.1, 0.15) is 11.1 Å². The Morgan fingerprint density at radius 3 is 2.63 bits per heavy atom. The maximum atomic E-state index is 14.0. The highest BCUT2D eigenvalue weighted by Gasteiger charge is 2.14. The number of carbonyl (C=O) groups excluding carboxylic acids is 1. The summed E-state index contributed by atoms with van der Waals surface area (Å²) in [5.74, 6) is -0.544. The standard InChI is InChI=1S/C22H27BrFN3O3/c23-19-3-6-21(24)18(13-19)15-27(7-10-28)16-22(29)25-20-4-1-17(2-5-20)14-26-8-11-30-12-9-26/h1-6,13,28H,7-12,14-16H2,(H,25,29). The fourth-order valence-corrected chi connectivity index (χ4v) is 3.78. The number of nitrogens with one attached hydrogen (secondary N) is 1. The van der Waals surface area contributed by atoms with Gasteiger partial charge in [0, 0.05) is 48.4 Å². The van der Waals surface area contributed by atoms with Crippen LogP contribution < -0.4 is 5.32 Å². The van der Waals surface area contributed by atoms with Gasteiger partial charge in [-0.1, -0.05) is 28.1 Å². The van der Waals surface area contributed by atoms with E-state index in [-0.39, 0.29) is 38.0 Å². The number of amides is 1. The first-order valence-corrected chi connectivity index (χ1v) is 10.8. The first-order chi connectivity index (χ1) is 14.5. The molecule has 162 valence electrons. The van der Waals surface area contributed by atoms with Crippen molar-refractivity contribution in [3.05, 3.63) is 63.9 Å². The summed E-state index contributed by atoms with van der Waals surface area (Å²) in [6.07, 6.45) is 0. The van der Waals surface area contributed by atoms with Gasteiger partial charge in [-0.25, -0.2) is 4.39 Å². The van der Waals surface area contributed by atoms with Gasteiger partial charge in [-0.15, -0.1) is 0 Å². The molecule has 1 amide bonds. The second kappa shape index (κ2) is 11.5. The third kappa shape index (κ3) is 7.14. The van der Waals surface area contributed by atoms with E-state index in [1.165, 1.54) is 11.6 Å². The van der Waals surface area contributed by atoms with Crippen LogP contribution in [0, 0.1) is 5.82 Å². The van der Waals surface area contributed by atoms with Gasteiger partial charge in [0.25, 0.3) is 0 Å². The Kier molecular flexibility index (Phi) is 8.77. The zero-order valence-corrected chi connectivity index (χ0v) is 18.4. The van der Waals surface area contributed by atoms with Gasteiger partial charge in [-0.2, -0.15) is 0 Å². The predicted molar refractivity (Wildman–Crippen MR) is 118 cm³/mol.